The van der Waals surface area contributed by atoms with Gasteiger partial charge in [-0.3, -0.25) is 0 Å². The Labute approximate surface area is 119 Å². The maximum Gasteiger partial charge on any atom is 0.337 e. The highest BCUT2D eigenvalue weighted by molar-refractivity contribution is 5.94. The summed E-state index contributed by atoms with van der Waals surface area (Å²) in [5.74, 6) is -0.889. The Bertz CT molecular complexity index is 635. The lowest BCUT2D eigenvalue weighted by atomic mass is 10.1. The Balaban J connectivity index is 2.32. The van der Waals surface area contributed by atoms with Crippen molar-refractivity contribution in [2.45, 2.75) is 20.4 Å². The molecule has 0 heterocycles. The molecule has 20 heavy (non-hydrogen) atoms. The first-order valence-corrected chi connectivity index (χ1v) is 6.58. The van der Waals surface area contributed by atoms with Crippen LogP contribution in [0.1, 0.15) is 27.0 Å². The number of carboxylic acids is 1. The second kappa shape index (κ2) is 5.78. The lowest BCUT2D eigenvalue weighted by Gasteiger charge is -2.22. The molecule has 0 aliphatic rings. The first-order valence-electron chi connectivity index (χ1n) is 6.58. The number of aryl methyl sites for hydroxylation is 2. The first kappa shape index (κ1) is 14.1. The molecule has 104 valence electrons. The highest BCUT2D eigenvalue weighted by Gasteiger charge is 2.14. The highest BCUT2D eigenvalue weighted by atomic mass is 16.4. The molecule has 1 N–H and O–H groups in total. The number of anilines is 1. The molecule has 2 rings (SSSR count). The van der Waals surface area contributed by atoms with Gasteiger partial charge in [0.2, 0.25) is 0 Å². The van der Waals surface area contributed by atoms with E-state index < -0.39 is 5.97 Å². The standard InChI is InChI=1S/C17H19NO2/c1-12-8-9-16(15(10-12)17(19)20)18(3)11-14-7-5-4-6-13(14)2/h4-10H,11H2,1-3H3,(H,19,20). The van der Waals surface area contributed by atoms with Crippen molar-refractivity contribution in [3.8, 4) is 0 Å². The Hall–Kier alpha value is -2.29. The number of carboxylic acid groups (broad SMARTS) is 1. The largest absolute Gasteiger partial charge is 0.478 e. The quantitative estimate of drug-likeness (QED) is 0.921. The molecule has 0 saturated carbocycles. The maximum absolute atomic E-state index is 11.4. The molecule has 0 unspecified atom stereocenters. The zero-order valence-electron chi connectivity index (χ0n) is 12.1. The molecule has 0 saturated heterocycles. The molecule has 0 aliphatic heterocycles. The average molecular weight is 269 g/mol. The van der Waals surface area contributed by atoms with Crippen LogP contribution in [-0.2, 0) is 6.54 Å². The monoisotopic (exact) mass is 269 g/mol. The van der Waals surface area contributed by atoms with Crippen molar-refractivity contribution in [2.75, 3.05) is 11.9 Å². The molecular weight excluding hydrogens is 250 g/mol. The van der Waals surface area contributed by atoms with Crippen molar-refractivity contribution in [2.24, 2.45) is 0 Å². The van der Waals surface area contributed by atoms with E-state index in [2.05, 4.69) is 19.1 Å². The molecule has 2 aromatic rings. The normalized spacial score (nSPS) is 10.3. The molecule has 0 radical (unpaired) electrons. The Kier molecular flexibility index (Phi) is 4.08. The van der Waals surface area contributed by atoms with Crippen molar-refractivity contribution in [1.29, 1.82) is 0 Å². The van der Waals surface area contributed by atoms with Gasteiger partial charge in [0.05, 0.1) is 11.3 Å². The minimum Gasteiger partial charge on any atom is -0.478 e. The van der Waals surface area contributed by atoms with Gasteiger partial charge < -0.3 is 10.0 Å². The van der Waals surface area contributed by atoms with Crippen LogP contribution in [-0.4, -0.2) is 18.1 Å². The number of nitrogens with zero attached hydrogens (tertiary/aromatic N) is 1. The smallest absolute Gasteiger partial charge is 0.337 e. The van der Waals surface area contributed by atoms with Crippen molar-refractivity contribution < 1.29 is 9.90 Å². The van der Waals surface area contributed by atoms with Gasteiger partial charge >= 0.3 is 5.97 Å². The summed E-state index contributed by atoms with van der Waals surface area (Å²) < 4.78 is 0. The maximum atomic E-state index is 11.4. The zero-order valence-corrected chi connectivity index (χ0v) is 12.1. The van der Waals surface area contributed by atoms with Crippen LogP contribution >= 0.6 is 0 Å². The molecule has 0 aromatic heterocycles. The number of carbonyl (C=O) groups is 1. The number of rotatable bonds is 4. The predicted octanol–water partition coefficient (Wildman–Crippen LogP) is 3.64. The Morgan fingerprint density at radius 2 is 1.85 bits per heavy atom. The van der Waals surface area contributed by atoms with Gasteiger partial charge in [0.15, 0.2) is 0 Å². The summed E-state index contributed by atoms with van der Waals surface area (Å²) in [5, 5.41) is 9.33. The topological polar surface area (TPSA) is 40.5 Å². The van der Waals surface area contributed by atoms with Gasteiger partial charge in [0.1, 0.15) is 0 Å². The SMILES string of the molecule is Cc1ccc(N(C)Cc2ccccc2C)c(C(=O)O)c1. The summed E-state index contributed by atoms with van der Waals surface area (Å²) in [7, 11) is 1.92. The van der Waals surface area contributed by atoms with Gasteiger partial charge in [-0.1, -0.05) is 35.9 Å². The third-order valence-corrected chi connectivity index (χ3v) is 3.46. The Morgan fingerprint density at radius 3 is 2.50 bits per heavy atom. The van der Waals surface area contributed by atoms with Gasteiger partial charge in [-0.05, 0) is 37.1 Å². The van der Waals surface area contributed by atoms with Crippen LogP contribution in [0, 0.1) is 13.8 Å². The summed E-state index contributed by atoms with van der Waals surface area (Å²) in [6.07, 6.45) is 0. The van der Waals surface area contributed by atoms with Crippen molar-refractivity contribution in [3.63, 3.8) is 0 Å². The summed E-state index contributed by atoms with van der Waals surface area (Å²) in [4.78, 5) is 13.3. The van der Waals surface area contributed by atoms with Crippen LogP contribution in [0.25, 0.3) is 0 Å². The van der Waals surface area contributed by atoms with Gasteiger partial charge in [-0.15, -0.1) is 0 Å². The van der Waals surface area contributed by atoms with Crippen LogP contribution in [0.2, 0.25) is 0 Å². The summed E-state index contributed by atoms with van der Waals surface area (Å²) >= 11 is 0. The molecule has 2 aromatic carbocycles. The zero-order chi connectivity index (χ0) is 14.7. The van der Waals surface area contributed by atoms with E-state index in [-0.39, 0.29) is 0 Å². The molecule has 3 nitrogen and oxygen atoms in total. The van der Waals surface area contributed by atoms with Gasteiger partial charge in [0.25, 0.3) is 0 Å². The highest BCUT2D eigenvalue weighted by Crippen LogP contribution is 2.23. The van der Waals surface area contributed by atoms with Crippen molar-refractivity contribution in [3.05, 3.63) is 64.7 Å². The molecule has 0 atom stereocenters. The number of benzene rings is 2. The molecule has 0 fully saturated rings. The van der Waals surface area contributed by atoms with Crippen molar-refractivity contribution in [1.82, 2.24) is 0 Å². The molecule has 0 aliphatic carbocycles. The van der Waals surface area contributed by atoms with E-state index in [1.807, 2.05) is 43.1 Å². The second-order valence-electron chi connectivity index (χ2n) is 5.11. The van der Waals surface area contributed by atoms with E-state index in [9.17, 15) is 9.90 Å². The minimum atomic E-state index is -0.889. The first-order chi connectivity index (χ1) is 9.49. The van der Waals surface area contributed by atoms with Gasteiger partial charge in [0, 0.05) is 13.6 Å². The number of aromatic carboxylic acids is 1. The number of hydrogen-bond acceptors (Lipinski definition) is 2. The van der Waals surface area contributed by atoms with Crippen LogP contribution in [0.4, 0.5) is 5.69 Å². The average Bonchev–Trinajstić information content (AvgIpc) is 2.41. The van der Waals surface area contributed by atoms with Crippen LogP contribution in [0.3, 0.4) is 0 Å². The Morgan fingerprint density at radius 1 is 1.15 bits per heavy atom. The van der Waals surface area contributed by atoms with Crippen LogP contribution < -0.4 is 4.90 Å². The lowest BCUT2D eigenvalue weighted by Crippen LogP contribution is -2.20. The third-order valence-electron chi connectivity index (χ3n) is 3.46. The minimum absolute atomic E-state index is 0.348. The number of hydrogen-bond donors (Lipinski definition) is 1. The second-order valence-corrected chi connectivity index (χ2v) is 5.11. The van der Waals surface area contributed by atoms with Crippen LogP contribution in [0.15, 0.2) is 42.5 Å². The van der Waals surface area contributed by atoms with E-state index in [1.54, 1.807) is 6.07 Å². The molecular formula is C17H19NO2. The van der Waals surface area contributed by atoms with Crippen molar-refractivity contribution >= 4 is 11.7 Å². The molecule has 3 heteroatoms. The van der Waals surface area contributed by atoms with E-state index in [1.165, 1.54) is 11.1 Å². The fourth-order valence-corrected chi connectivity index (χ4v) is 2.28. The lowest BCUT2D eigenvalue weighted by molar-refractivity contribution is 0.0697. The summed E-state index contributed by atoms with van der Waals surface area (Å²) in [6.45, 7) is 4.66. The van der Waals surface area contributed by atoms with Crippen LogP contribution in [0.5, 0.6) is 0 Å². The fraction of sp³-hybridized carbons (Fsp3) is 0.235. The van der Waals surface area contributed by atoms with E-state index >= 15 is 0 Å². The van der Waals surface area contributed by atoms with Gasteiger partial charge in [-0.2, -0.15) is 0 Å². The third kappa shape index (κ3) is 2.99. The predicted molar refractivity (Wildman–Crippen MR) is 81.4 cm³/mol. The molecule has 0 amide bonds. The van der Waals surface area contributed by atoms with Gasteiger partial charge in [-0.25, -0.2) is 4.79 Å². The van der Waals surface area contributed by atoms with E-state index in [4.69, 9.17) is 0 Å². The summed E-state index contributed by atoms with van der Waals surface area (Å²) in [5.41, 5.74) is 4.46. The van der Waals surface area contributed by atoms with E-state index in [0.717, 1.165) is 11.3 Å². The van der Waals surface area contributed by atoms with E-state index in [0.29, 0.717) is 12.1 Å². The molecule has 0 spiro atoms. The fourth-order valence-electron chi connectivity index (χ4n) is 2.28. The molecule has 0 bridgehead atoms. The summed E-state index contributed by atoms with van der Waals surface area (Å²) in [6, 6.07) is 13.7.